The molecule has 104 valence electrons. The molecular weight excluding hydrogens is 285 g/mol. The number of carbonyl (C=O) groups excluding carboxylic acids is 1. The van der Waals surface area contributed by atoms with Gasteiger partial charge in [-0.25, -0.2) is 0 Å². The van der Waals surface area contributed by atoms with Gasteiger partial charge in [0.1, 0.15) is 0 Å². The molecule has 0 radical (unpaired) electrons. The molecule has 1 aromatic carbocycles. The number of amides is 1. The van der Waals surface area contributed by atoms with E-state index in [1.165, 1.54) is 0 Å². The van der Waals surface area contributed by atoms with Crippen molar-refractivity contribution in [3.8, 4) is 0 Å². The highest BCUT2D eigenvalue weighted by Gasteiger charge is 2.21. The fourth-order valence-corrected chi connectivity index (χ4v) is 2.74. The zero-order valence-electron chi connectivity index (χ0n) is 10.6. The fraction of sp³-hybridized carbons (Fsp3) is 0.500. The summed E-state index contributed by atoms with van der Waals surface area (Å²) in [4.78, 5) is 13.8. The minimum Gasteiger partial charge on any atom is -0.391 e. The molecule has 0 saturated carbocycles. The molecule has 1 aromatic rings. The lowest BCUT2D eigenvalue weighted by Gasteiger charge is -2.30. The number of nitrogens with zero attached hydrogens (tertiary/aromatic N) is 1. The SMILES string of the molecule is O=C(CCc1cccc(Cl)c1Cl)N1CCCC(O)C1. The van der Waals surface area contributed by atoms with E-state index in [1.54, 1.807) is 11.0 Å². The number of likely N-dealkylation sites (tertiary alicyclic amines) is 1. The Hall–Kier alpha value is -0.770. The molecule has 0 aliphatic carbocycles. The summed E-state index contributed by atoms with van der Waals surface area (Å²) in [6.45, 7) is 1.18. The molecule has 1 aliphatic heterocycles. The zero-order chi connectivity index (χ0) is 13.8. The van der Waals surface area contributed by atoms with Gasteiger partial charge in [0.2, 0.25) is 5.91 Å². The van der Waals surface area contributed by atoms with E-state index in [2.05, 4.69) is 0 Å². The van der Waals surface area contributed by atoms with Gasteiger partial charge < -0.3 is 10.0 Å². The maximum Gasteiger partial charge on any atom is 0.222 e. The minimum absolute atomic E-state index is 0.0646. The van der Waals surface area contributed by atoms with Crippen LogP contribution in [0, 0.1) is 0 Å². The predicted molar refractivity (Wildman–Crippen MR) is 76.6 cm³/mol. The van der Waals surface area contributed by atoms with E-state index in [1.807, 2.05) is 12.1 Å². The van der Waals surface area contributed by atoms with E-state index < -0.39 is 0 Å². The van der Waals surface area contributed by atoms with Gasteiger partial charge in [-0.1, -0.05) is 35.3 Å². The molecule has 3 nitrogen and oxygen atoms in total. The molecule has 0 spiro atoms. The number of hydrogen-bond acceptors (Lipinski definition) is 2. The number of hydrogen-bond donors (Lipinski definition) is 1. The molecular formula is C14H17Cl2NO2. The number of rotatable bonds is 3. The summed E-state index contributed by atoms with van der Waals surface area (Å²) in [5, 5.41) is 10.6. The van der Waals surface area contributed by atoms with E-state index in [-0.39, 0.29) is 12.0 Å². The predicted octanol–water partition coefficient (Wildman–Crippen LogP) is 2.91. The quantitative estimate of drug-likeness (QED) is 0.932. The first-order valence-corrected chi connectivity index (χ1v) is 7.22. The third-order valence-corrected chi connectivity index (χ3v) is 4.25. The number of aliphatic hydroxyl groups is 1. The summed E-state index contributed by atoms with van der Waals surface area (Å²) < 4.78 is 0. The number of piperidine rings is 1. The highest BCUT2D eigenvalue weighted by atomic mass is 35.5. The van der Waals surface area contributed by atoms with Crippen LogP contribution in [0.4, 0.5) is 0 Å². The molecule has 5 heteroatoms. The van der Waals surface area contributed by atoms with Crippen molar-refractivity contribution in [2.45, 2.75) is 31.8 Å². The first-order chi connectivity index (χ1) is 9.08. The van der Waals surface area contributed by atoms with Crippen molar-refractivity contribution in [1.82, 2.24) is 4.90 Å². The lowest BCUT2D eigenvalue weighted by molar-refractivity contribution is -0.134. The largest absolute Gasteiger partial charge is 0.391 e. The van der Waals surface area contributed by atoms with Crippen LogP contribution in [-0.4, -0.2) is 35.1 Å². The Labute approximate surface area is 123 Å². The number of aryl methyl sites for hydroxylation is 1. The third kappa shape index (κ3) is 3.85. The summed E-state index contributed by atoms with van der Waals surface area (Å²) >= 11 is 12.0. The number of aliphatic hydroxyl groups excluding tert-OH is 1. The number of β-amino-alcohol motifs (C(OH)–C–C–N with tert-alkyl or cyclic N) is 1. The van der Waals surface area contributed by atoms with Crippen LogP contribution < -0.4 is 0 Å². The molecule has 19 heavy (non-hydrogen) atoms. The lowest BCUT2D eigenvalue weighted by atomic mass is 10.1. The van der Waals surface area contributed by atoms with Gasteiger partial charge >= 0.3 is 0 Å². The monoisotopic (exact) mass is 301 g/mol. The Morgan fingerprint density at radius 3 is 2.95 bits per heavy atom. The van der Waals surface area contributed by atoms with E-state index in [9.17, 15) is 9.90 Å². The van der Waals surface area contributed by atoms with E-state index in [0.29, 0.717) is 29.4 Å². The Balaban J connectivity index is 1.91. The van der Waals surface area contributed by atoms with Crippen molar-refractivity contribution in [2.24, 2.45) is 0 Å². The van der Waals surface area contributed by atoms with Crippen LogP contribution in [0.25, 0.3) is 0 Å². The fourth-order valence-electron chi connectivity index (χ4n) is 2.32. The smallest absolute Gasteiger partial charge is 0.222 e. The van der Waals surface area contributed by atoms with Crippen LogP contribution in [0.15, 0.2) is 18.2 Å². The van der Waals surface area contributed by atoms with Crippen LogP contribution >= 0.6 is 23.2 Å². The maximum atomic E-state index is 12.1. The molecule has 1 saturated heterocycles. The Bertz CT molecular complexity index is 465. The molecule has 0 bridgehead atoms. The van der Waals surface area contributed by atoms with Gasteiger partial charge in [-0.2, -0.15) is 0 Å². The van der Waals surface area contributed by atoms with Crippen molar-refractivity contribution in [3.05, 3.63) is 33.8 Å². The lowest BCUT2D eigenvalue weighted by Crippen LogP contribution is -2.42. The first-order valence-electron chi connectivity index (χ1n) is 6.46. The zero-order valence-corrected chi connectivity index (χ0v) is 12.1. The van der Waals surface area contributed by atoms with Crippen molar-refractivity contribution < 1.29 is 9.90 Å². The summed E-state index contributed by atoms with van der Waals surface area (Å²) in [6, 6.07) is 5.45. The Morgan fingerprint density at radius 1 is 1.42 bits per heavy atom. The van der Waals surface area contributed by atoms with Crippen LogP contribution in [0.1, 0.15) is 24.8 Å². The minimum atomic E-state index is -0.382. The van der Waals surface area contributed by atoms with Gasteiger partial charge in [-0.3, -0.25) is 4.79 Å². The van der Waals surface area contributed by atoms with Gasteiger partial charge in [0.05, 0.1) is 16.1 Å². The van der Waals surface area contributed by atoms with Crippen LogP contribution in [0.5, 0.6) is 0 Å². The van der Waals surface area contributed by atoms with E-state index in [0.717, 1.165) is 24.9 Å². The van der Waals surface area contributed by atoms with Crippen LogP contribution in [0.3, 0.4) is 0 Å². The highest BCUT2D eigenvalue weighted by Crippen LogP contribution is 2.26. The summed E-state index contributed by atoms with van der Waals surface area (Å²) in [5.74, 6) is 0.0646. The Kier molecular flexibility index (Phi) is 5.08. The summed E-state index contributed by atoms with van der Waals surface area (Å²) in [7, 11) is 0. The van der Waals surface area contributed by atoms with Crippen LogP contribution in [0.2, 0.25) is 10.0 Å². The second-order valence-electron chi connectivity index (χ2n) is 4.85. The van der Waals surface area contributed by atoms with Gasteiger partial charge in [-0.05, 0) is 30.9 Å². The van der Waals surface area contributed by atoms with Crippen LogP contribution in [-0.2, 0) is 11.2 Å². The molecule has 1 atom stereocenters. The molecule has 1 heterocycles. The molecule has 2 rings (SSSR count). The second-order valence-corrected chi connectivity index (χ2v) is 5.63. The molecule has 1 unspecified atom stereocenters. The van der Waals surface area contributed by atoms with Crippen molar-refractivity contribution in [1.29, 1.82) is 0 Å². The topological polar surface area (TPSA) is 40.5 Å². The third-order valence-electron chi connectivity index (χ3n) is 3.39. The number of benzene rings is 1. The van der Waals surface area contributed by atoms with Gasteiger partial charge in [0.25, 0.3) is 0 Å². The normalized spacial score (nSPS) is 19.5. The molecule has 1 fully saturated rings. The van der Waals surface area contributed by atoms with E-state index >= 15 is 0 Å². The van der Waals surface area contributed by atoms with Gasteiger partial charge in [-0.15, -0.1) is 0 Å². The average molecular weight is 302 g/mol. The van der Waals surface area contributed by atoms with Crippen molar-refractivity contribution >= 4 is 29.1 Å². The standard InChI is InChI=1S/C14H17Cl2NO2/c15-12-5-1-3-10(14(12)16)6-7-13(19)17-8-2-4-11(18)9-17/h1,3,5,11,18H,2,4,6-9H2. The molecule has 1 aliphatic rings. The number of carbonyl (C=O) groups is 1. The molecule has 1 N–H and O–H groups in total. The number of halogens is 2. The molecule has 0 aromatic heterocycles. The van der Waals surface area contributed by atoms with Gasteiger partial charge in [0, 0.05) is 19.5 Å². The summed E-state index contributed by atoms with van der Waals surface area (Å²) in [5.41, 5.74) is 0.889. The summed E-state index contributed by atoms with van der Waals surface area (Å²) in [6.07, 6.45) is 2.24. The molecule has 1 amide bonds. The van der Waals surface area contributed by atoms with Crippen molar-refractivity contribution in [3.63, 3.8) is 0 Å². The first kappa shape index (κ1) is 14.6. The maximum absolute atomic E-state index is 12.1. The second kappa shape index (κ2) is 6.60. The van der Waals surface area contributed by atoms with Crippen molar-refractivity contribution in [2.75, 3.05) is 13.1 Å². The average Bonchev–Trinajstić information content (AvgIpc) is 2.40. The Morgan fingerprint density at radius 2 is 2.21 bits per heavy atom. The highest BCUT2D eigenvalue weighted by molar-refractivity contribution is 6.42. The van der Waals surface area contributed by atoms with E-state index in [4.69, 9.17) is 23.2 Å². The van der Waals surface area contributed by atoms with Gasteiger partial charge in [0.15, 0.2) is 0 Å².